The van der Waals surface area contributed by atoms with Crippen LogP contribution in [0.2, 0.25) is 0 Å². The van der Waals surface area contributed by atoms with Gasteiger partial charge in [-0.1, -0.05) is 11.2 Å². The van der Waals surface area contributed by atoms with Crippen molar-refractivity contribution in [3.05, 3.63) is 41.9 Å². The SMILES string of the molecule is COC(=O)c1cc(-c2ccc3c(c2)cc(-c2nc(C)no2)n3C(=O)OC(C)(C)C)n(C)n1. The molecule has 0 atom stereocenters. The molecule has 10 nitrogen and oxygen atoms in total. The molecule has 166 valence electrons. The molecule has 0 aliphatic rings. The zero-order valence-electron chi connectivity index (χ0n) is 18.7. The number of hydrogen-bond donors (Lipinski definition) is 0. The predicted molar refractivity (Wildman–Crippen MR) is 115 cm³/mol. The molecular formula is C22H23N5O5. The van der Waals surface area contributed by atoms with Crippen LogP contribution in [0.25, 0.3) is 33.7 Å². The Morgan fingerprint density at radius 1 is 1.09 bits per heavy atom. The van der Waals surface area contributed by atoms with Crippen molar-refractivity contribution in [1.29, 1.82) is 0 Å². The van der Waals surface area contributed by atoms with E-state index in [0.717, 1.165) is 10.9 Å². The van der Waals surface area contributed by atoms with E-state index in [2.05, 4.69) is 15.2 Å². The second-order valence-corrected chi connectivity index (χ2v) is 8.30. The van der Waals surface area contributed by atoms with Gasteiger partial charge in [-0.3, -0.25) is 4.68 Å². The van der Waals surface area contributed by atoms with Gasteiger partial charge in [-0.2, -0.15) is 10.1 Å². The van der Waals surface area contributed by atoms with Gasteiger partial charge in [0.25, 0.3) is 5.89 Å². The lowest BCUT2D eigenvalue weighted by Gasteiger charge is -2.20. The van der Waals surface area contributed by atoms with Gasteiger partial charge < -0.3 is 14.0 Å². The number of methoxy groups -OCH3 is 1. The number of nitrogens with zero attached hydrogens (tertiary/aromatic N) is 5. The van der Waals surface area contributed by atoms with Crippen molar-refractivity contribution >= 4 is 23.0 Å². The molecule has 4 rings (SSSR count). The van der Waals surface area contributed by atoms with E-state index in [4.69, 9.17) is 14.0 Å². The maximum atomic E-state index is 13.0. The Kier molecular flexibility index (Phi) is 5.08. The van der Waals surface area contributed by atoms with Crippen molar-refractivity contribution in [3.8, 4) is 22.8 Å². The highest BCUT2D eigenvalue weighted by atomic mass is 16.6. The molecule has 0 aliphatic carbocycles. The van der Waals surface area contributed by atoms with Crippen molar-refractivity contribution in [1.82, 2.24) is 24.5 Å². The number of ether oxygens (including phenoxy) is 2. The molecule has 0 spiro atoms. The van der Waals surface area contributed by atoms with Gasteiger partial charge >= 0.3 is 12.1 Å². The summed E-state index contributed by atoms with van der Waals surface area (Å²) in [6.45, 7) is 7.10. The van der Waals surface area contributed by atoms with E-state index in [9.17, 15) is 9.59 Å². The standard InChI is InChI=1S/C22H23N5O5/c1-12-23-19(32-25-12)18-10-14-9-13(17-11-15(20(28)30-6)24-26(17)5)7-8-16(14)27(18)21(29)31-22(2,3)4/h7-11H,1-6H3. The second kappa shape index (κ2) is 7.63. The topological polar surface area (TPSA) is 114 Å². The zero-order chi connectivity index (χ0) is 23.2. The maximum Gasteiger partial charge on any atom is 0.419 e. The average Bonchev–Trinajstić information content (AvgIpc) is 3.41. The van der Waals surface area contributed by atoms with Crippen LogP contribution in [-0.4, -0.2) is 49.3 Å². The van der Waals surface area contributed by atoms with E-state index in [1.165, 1.54) is 11.7 Å². The molecule has 3 aromatic heterocycles. The first kappa shape index (κ1) is 21.3. The number of esters is 1. The number of carbonyl (C=O) groups is 2. The highest BCUT2D eigenvalue weighted by Crippen LogP contribution is 2.32. The molecule has 4 aromatic rings. The molecular weight excluding hydrogens is 414 g/mol. The number of rotatable bonds is 3. The van der Waals surface area contributed by atoms with E-state index in [1.54, 1.807) is 57.6 Å². The van der Waals surface area contributed by atoms with Crippen molar-refractivity contribution in [2.75, 3.05) is 7.11 Å². The van der Waals surface area contributed by atoms with Crippen LogP contribution in [0.5, 0.6) is 0 Å². The summed E-state index contributed by atoms with van der Waals surface area (Å²) in [7, 11) is 3.05. The Hall–Kier alpha value is -3.95. The van der Waals surface area contributed by atoms with Gasteiger partial charge in [-0.25, -0.2) is 14.2 Å². The first-order valence-electron chi connectivity index (χ1n) is 9.89. The molecule has 0 aliphatic heterocycles. The molecule has 0 N–H and O–H groups in total. The van der Waals surface area contributed by atoms with Crippen LogP contribution in [0.1, 0.15) is 37.1 Å². The fourth-order valence-corrected chi connectivity index (χ4v) is 3.38. The number of aryl methyl sites for hydroxylation is 2. The van der Waals surface area contributed by atoms with Gasteiger partial charge in [0.15, 0.2) is 11.5 Å². The molecule has 1 aromatic carbocycles. The third-order valence-electron chi connectivity index (χ3n) is 4.69. The highest BCUT2D eigenvalue weighted by Gasteiger charge is 2.25. The summed E-state index contributed by atoms with van der Waals surface area (Å²) in [4.78, 5) is 29.2. The molecule has 0 unspecified atom stereocenters. The van der Waals surface area contributed by atoms with Crippen molar-refractivity contribution in [2.24, 2.45) is 7.05 Å². The minimum absolute atomic E-state index is 0.207. The lowest BCUT2D eigenvalue weighted by atomic mass is 10.1. The Morgan fingerprint density at radius 3 is 2.47 bits per heavy atom. The number of hydrogen-bond acceptors (Lipinski definition) is 8. The molecule has 0 saturated heterocycles. The third-order valence-corrected chi connectivity index (χ3v) is 4.69. The van der Waals surface area contributed by atoms with Crippen LogP contribution in [-0.2, 0) is 16.5 Å². The van der Waals surface area contributed by atoms with Gasteiger partial charge in [0.05, 0.1) is 18.3 Å². The van der Waals surface area contributed by atoms with Crippen LogP contribution in [0.4, 0.5) is 4.79 Å². The quantitative estimate of drug-likeness (QED) is 0.442. The van der Waals surface area contributed by atoms with E-state index in [-0.39, 0.29) is 11.6 Å². The lowest BCUT2D eigenvalue weighted by molar-refractivity contribution is 0.0544. The van der Waals surface area contributed by atoms with Crippen LogP contribution in [0, 0.1) is 6.92 Å². The van der Waals surface area contributed by atoms with Crippen LogP contribution >= 0.6 is 0 Å². The fraction of sp³-hybridized carbons (Fsp3) is 0.318. The van der Waals surface area contributed by atoms with E-state index >= 15 is 0 Å². The lowest BCUT2D eigenvalue weighted by Crippen LogP contribution is -2.27. The number of benzene rings is 1. The summed E-state index contributed by atoms with van der Waals surface area (Å²) in [5.74, 6) is 0.143. The first-order valence-corrected chi connectivity index (χ1v) is 9.89. The summed E-state index contributed by atoms with van der Waals surface area (Å²) in [6, 6.07) is 8.96. The second-order valence-electron chi connectivity index (χ2n) is 8.30. The third kappa shape index (κ3) is 3.86. The zero-order valence-corrected chi connectivity index (χ0v) is 18.7. The first-order chi connectivity index (χ1) is 15.1. The number of fused-ring (bicyclic) bond motifs is 1. The van der Waals surface area contributed by atoms with Crippen LogP contribution in [0.15, 0.2) is 34.9 Å². The number of carbonyl (C=O) groups excluding carboxylic acids is 2. The van der Waals surface area contributed by atoms with E-state index in [1.807, 2.05) is 12.1 Å². The van der Waals surface area contributed by atoms with Gasteiger partial charge in [-0.15, -0.1) is 0 Å². The molecule has 0 fully saturated rings. The fourth-order valence-electron chi connectivity index (χ4n) is 3.38. The van der Waals surface area contributed by atoms with E-state index < -0.39 is 17.7 Å². The number of aromatic nitrogens is 5. The molecule has 32 heavy (non-hydrogen) atoms. The minimum atomic E-state index is -0.686. The molecule has 0 saturated carbocycles. The summed E-state index contributed by atoms with van der Waals surface area (Å²) in [5, 5.41) is 8.79. The molecule has 3 heterocycles. The summed E-state index contributed by atoms with van der Waals surface area (Å²) in [6.07, 6.45) is -0.556. The van der Waals surface area contributed by atoms with Gasteiger partial charge in [0, 0.05) is 18.0 Å². The average molecular weight is 437 g/mol. The van der Waals surface area contributed by atoms with Gasteiger partial charge in [0.1, 0.15) is 11.3 Å². The van der Waals surface area contributed by atoms with Crippen molar-refractivity contribution in [2.45, 2.75) is 33.3 Å². The van der Waals surface area contributed by atoms with Crippen LogP contribution < -0.4 is 0 Å². The Labute approximate surface area is 183 Å². The molecule has 10 heteroatoms. The van der Waals surface area contributed by atoms with E-state index in [0.29, 0.717) is 22.7 Å². The van der Waals surface area contributed by atoms with Gasteiger partial charge in [0.2, 0.25) is 0 Å². The van der Waals surface area contributed by atoms with Gasteiger partial charge in [-0.05, 0) is 52.0 Å². The minimum Gasteiger partial charge on any atom is -0.464 e. The monoisotopic (exact) mass is 437 g/mol. The molecule has 0 amide bonds. The maximum absolute atomic E-state index is 13.0. The van der Waals surface area contributed by atoms with Crippen molar-refractivity contribution in [3.63, 3.8) is 0 Å². The smallest absolute Gasteiger partial charge is 0.419 e. The normalized spacial score (nSPS) is 11.7. The summed E-state index contributed by atoms with van der Waals surface area (Å²) < 4.78 is 18.7. The van der Waals surface area contributed by atoms with Crippen LogP contribution in [0.3, 0.4) is 0 Å². The Balaban J connectivity index is 1.87. The highest BCUT2D eigenvalue weighted by molar-refractivity contribution is 5.97. The largest absolute Gasteiger partial charge is 0.464 e. The Morgan fingerprint density at radius 2 is 1.84 bits per heavy atom. The molecule has 0 bridgehead atoms. The Bertz CT molecular complexity index is 1340. The predicted octanol–water partition coefficient (Wildman–Crippen LogP) is 3.97. The summed E-state index contributed by atoms with van der Waals surface area (Å²) in [5.41, 5.74) is 2.08. The summed E-state index contributed by atoms with van der Waals surface area (Å²) >= 11 is 0. The van der Waals surface area contributed by atoms with Crippen molar-refractivity contribution < 1.29 is 23.6 Å². The molecule has 0 radical (unpaired) electrons.